The summed E-state index contributed by atoms with van der Waals surface area (Å²) in [6.45, 7) is 2.21. The predicted octanol–water partition coefficient (Wildman–Crippen LogP) is 4.16. The van der Waals surface area contributed by atoms with Crippen LogP contribution >= 0.6 is 0 Å². The van der Waals surface area contributed by atoms with Crippen molar-refractivity contribution in [2.45, 2.75) is 56.7 Å². The Labute approximate surface area is 284 Å². The van der Waals surface area contributed by atoms with Gasteiger partial charge in [-0.15, -0.1) is 0 Å². The molecule has 4 N–H and O–H groups in total. The van der Waals surface area contributed by atoms with Gasteiger partial charge >= 0.3 is 0 Å². The fraction of sp³-hybridized carbons (Fsp3) is 0.351. The molecule has 0 radical (unpaired) electrons. The van der Waals surface area contributed by atoms with Crippen LogP contribution in [0.15, 0.2) is 67.1 Å². The third-order valence-electron chi connectivity index (χ3n) is 8.82. The summed E-state index contributed by atoms with van der Waals surface area (Å²) in [6.07, 6.45) is 9.82. The van der Waals surface area contributed by atoms with Gasteiger partial charge in [-0.05, 0) is 93.0 Å². The smallest absolute Gasteiger partial charge is 0.255 e. The van der Waals surface area contributed by atoms with E-state index >= 15 is 0 Å². The number of rotatable bonds is 8. The molecule has 49 heavy (non-hydrogen) atoms. The van der Waals surface area contributed by atoms with Gasteiger partial charge in [-0.3, -0.25) is 14.6 Å². The lowest BCUT2D eigenvalue weighted by Gasteiger charge is -2.27. The van der Waals surface area contributed by atoms with Crippen molar-refractivity contribution in [1.82, 2.24) is 30.2 Å². The van der Waals surface area contributed by atoms with Gasteiger partial charge in [0.15, 0.2) is 0 Å². The fourth-order valence-electron chi connectivity index (χ4n) is 5.82. The first-order chi connectivity index (χ1) is 24.0. The zero-order valence-corrected chi connectivity index (χ0v) is 27.1. The second-order valence-corrected chi connectivity index (χ2v) is 12.6. The third kappa shape index (κ3) is 8.38. The molecule has 12 nitrogen and oxygen atoms in total. The number of amides is 2. The summed E-state index contributed by atoms with van der Waals surface area (Å²) in [5.74, 6) is 7.04. The molecular formula is C37H38N8O4. The molecule has 250 valence electrons. The summed E-state index contributed by atoms with van der Waals surface area (Å²) >= 11 is 0. The van der Waals surface area contributed by atoms with Crippen LogP contribution in [-0.2, 0) is 4.74 Å². The number of nitrogens with one attached hydrogen (secondary N) is 3. The number of benzene rings is 1. The van der Waals surface area contributed by atoms with E-state index in [0.717, 1.165) is 55.3 Å². The number of hydrogen-bond acceptors (Lipinski definition) is 10. The molecule has 1 saturated heterocycles. The standard InChI is InChI=1S/C37H38N8O4/c46-31-12-10-27(11-13-31)41-34-32(33-14-4-26(22-39-33)36(48)45-17-19-49-20-18-45)23-40-37(44-34)43-29-5-1-24(2-6-29)3-7-30-21-25(15-16-38-30)35(47)42-28-8-9-28/h1-2,4-6,14-16,21-23,27-28,31,46H,8-13,17-20H2,(H,42,47)(H2,40,41,43,44). The highest BCUT2D eigenvalue weighted by atomic mass is 16.5. The van der Waals surface area contributed by atoms with Crippen LogP contribution in [-0.4, -0.2) is 86.2 Å². The van der Waals surface area contributed by atoms with Crippen LogP contribution in [0.4, 0.5) is 17.5 Å². The van der Waals surface area contributed by atoms with Crippen LogP contribution < -0.4 is 16.0 Å². The van der Waals surface area contributed by atoms with E-state index in [9.17, 15) is 14.7 Å². The molecule has 2 amide bonds. The van der Waals surface area contributed by atoms with Gasteiger partial charge in [-0.25, -0.2) is 9.97 Å². The first-order valence-electron chi connectivity index (χ1n) is 16.8. The molecule has 2 aliphatic carbocycles. The summed E-state index contributed by atoms with van der Waals surface area (Å²) < 4.78 is 5.37. The molecule has 0 bridgehead atoms. The lowest BCUT2D eigenvalue weighted by atomic mass is 9.93. The van der Waals surface area contributed by atoms with E-state index in [2.05, 4.69) is 42.7 Å². The van der Waals surface area contributed by atoms with Crippen LogP contribution in [0, 0.1) is 11.8 Å². The maximum atomic E-state index is 13.0. The highest BCUT2D eigenvalue weighted by Gasteiger charge is 2.24. The monoisotopic (exact) mass is 658 g/mol. The van der Waals surface area contributed by atoms with Gasteiger partial charge < -0.3 is 30.7 Å². The Morgan fingerprint density at radius 3 is 2.35 bits per heavy atom. The van der Waals surface area contributed by atoms with E-state index in [1.165, 1.54) is 0 Å². The Balaban J connectivity index is 1.06. The zero-order valence-electron chi connectivity index (χ0n) is 27.1. The maximum absolute atomic E-state index is 13.0. The summed E-state index contributed by atoms with van der Waals surface area (Å²) in [4.78, 5) is 45.5. The van der Waals surface area contributed by atoms with Gasteiger partial charge in [0.25, 0.3) is 11.8 Å². The van der Waals surface area contributed by atoms with Crippen molar-refractivity contribution in [3.8, 4) is 23.1 Å². The number of hydrogen-bond donors (Lipinski definition) is 4. The summed E-state index contributed by atoms with van der Waals surface area (Å²) in [7, 11) is 0. The van der Waals surface area contributed by atoms with E-state index in [1.54, 1.807) is 41.7 Å². The highest BCUT2D eigenvalue weighted by Crippen LogP contribution is 2.30. The van der Waals surface area contributed by atoms with Crippen molar-refractivity contribution < 1.29 is 19.4 Å². The van der Waals surface area contributed by atoms with E-state index in [4.69, 9.17) is 9.72 Å². The topological polar surface area (TPSA) is 154 Å². The number of anilines is 3. The minimum atomic E-state index is -0.272. The lowest BCUT2D eigenvalue weighted by molar-refractivity contribution is 0.0302. The van der Waals surface area contributed by atoms with Gasteiger partial charge in [0.1, 0.15) is 11.5 Å². The summed E-state index contributed by atoms with van der Waals surface area (Å²) in [5, 5.41) is 19.9. The van der Waals surface area contributed by atoms with Crippen molar-refractivity contribution in [3.63, 3.8) is 0 Å². The van der Waals surface area contributed by atoms with E-state index in [1.807, 2.05) is 30.3 Å². The van der Waals surface area contributed by atoms with Crippen molar-refractivity contribution in [3.05, 3.63) is 89.5 Å². The van der Waals surface area contributed by atoms with Gasteiger partial charge in [0.2, 0.25) is 5.95 Å². The second-order valence-electron chi connectivity index (χ2n) is 12.6. The number of ether oxygens (including phenoxy) is 1. The van der Waals surface area contributed by atoms with Gasteiger partial charge in [0, 0.05) is 60.6 Å². The molecule has 4 heterocycles. The van der Waals surface area contributed by atoms with Gasteiger partial charge in [-0.1, -0.05) is 5.92 Å². The quantitative estimate of drug-likeness (QED) is 0.203. The van der Waals surface area contributed by atoms with Crippen LogP contribution in [0.5, 0.6) is 0 Å². The average molecular weight is 659 g/mol. The highest BCUT2D eigenvalue weighted by molar-refractivity contribution is 5.95. The van der Waals surface area contributed by atoms with E-state index < -0.39 is 0 Å². The van der Waals surface area contributed by atoms with Crippen LogP contribution in [0.1, 0.15) is 70.5 Å². The van der Waals surface area contributed by atoms with Crippen LogP contribution in [0.25, 0.3) is 11.3 Å². The summed E-state index contributed by atoms with van der Waals surface area (Å²) in [5.41, 5.74) is 4.55. The predicted molar refractivity (Wildman–Crippen MR) is 184 cm³/mol. The number of nitrogens with zero attached hydrogens (tertiary/aromatic N) is 5. The minimum Gasteiger partial charge on any atom is -0.393 e. The van der Waals surface area contributed by atoms with E-state index in [-0.39, 0.29) is 30.0 Å². The summed E-state index contributed by atoms with van der Waals surface area (Å²) in [6, 6.07) is 15.0. The number of carbonyl (C=O) groups excluding carboxylic acids is 2. The molecule has 3 aromatic heterocycles. The minimum absolute atomic E-state index is 0.0617. The molecule has 1 aromatic carbocycles. The lowest BCUT2D eigenvalue weighted by Crippen LogP contribution is -2.40. The number of aromatic nitrogens is 4. The molecule has 0 unspecified atom stereocenters. The Bertz CT molecular complexity index is 1850. The van der Waals surface area contributed by atoms with Crippen LogP contribution in [0.3, 0.4) is 0 Å². The van der Waals surface area contributed by atoms with Crippen LogP contribution in [0.2, 0.25) is 0 Å². The molecular weight excluding hydrogens is 620 g/mol. The van der Waals surface area contributed by atoms with Crippen molar-refractivity contribution >= 4 is 29.3 Å². The first kappa shape index (κ1) is 32.2. The molecule has 7 rings (SSSR count). The molecule has 2 saturated carbocycles. The van der Waals surface area contributed by atoms with Gasteiger partial charge in [-0.2, -0.15) is 4.98 Å². The number of aliphatic hydroxyl groups is 1. The molecule has 3 aliphatic rings. The Morgan fingerprint density at radius 2 is 1.61 bits per heavy atom. The van der Waals surface area contributed by atoms with Gasteiger partial charge in [0.05, 0.1) is 36.1 Å². The third-order valence-corrected chi connectivity index (χ3v) is 8.82. The van der Waals surface area contributed by atoms with E-state index in [0.29, 0.717) is 60.6 Å². The molecule has 4 aromatic rings. The molecule has 0 spiro atoms. The van der Waals surface area contributed by atoms with Crippen molar-refractivity contribution in [1.29, 1.82) is 0 Å². The Hall–Kier alpha value is -5.38. The van der Waals surface area contributed by atoms with Crippen molar-refractivity contribution in [2.24, 2.45) is 0 Å². The molecule has 0 atom stereocenters. The molecule has 3 fully saturated rings. The number of morpholine rings is 1. The normalized spacial score (nSPS) is 18.9. The van der Waals surface area contributed by atoms with Crippen molar-refractivity contribution in [2.75, 3.05) is 36.9 Å². The Morgan fingerprint density at radius 1 is 0.837 bits per heavy atom. The average Bonchev–Trinajstić information content (AvgIpc) is 3.97. The largest absolute Gasteiger partial charge is 0.393 e. The SMILES string of the molecule is O=C(NC1CC1)c1ccnc(C#Cc2ccc(Nc3ncc(-c4ccc(C(=O)N5CCOCC5)cn4)c(NC4CCC(O)CC4)n3)cc2)c1. The maximum Gasteiger partial charge on any atom is 0.255 e. The number of pyridine rings is 2. The fourth-order valence-corrected chi connectivity index (χ4v) is 5.82. The number of aliphatic hydroxyl groups excluding tert-OH is 1. The number of carbonyl (C=O) groups is 2. The Kier molecular flexibility index (Phi) is 9.72. The zero-order chi connectivity index (χ0) is 33.6. The first-order valence-corrected chi connectivity index (χ1v) is 16.8. The molecule has 1 aliphatic heterocycles. The molecule has 12 heteroatoms. The second kappa shape index (κ2) is 14.8.